The van der Waals surface area contributed by atoms with E-state index in [1.807, 2.05) is 6.08 Å². The number of nitrogens with one attached hydrogen (secondary N) is 1. The Kier molecular flexibility index (Phi) is 47.0. The normalized spacial score (nSPS) is 24.6. The van der Waals surface area contributed by atoms with Crippen molar-refractivity contribution >= 4 is 5.91 Å². The molecule has 2 rings (SSSR count). The maximum absolute atomic E-state index is 13.2. The third-order valence-electron chi connectivity index (χ3n) is 16.1. The van der Waals surface area contributed by atoms with E-state index in [0.717, 1.165) is 44.9 Å². The number of aliphatic hydroxyl groups is 8. The zero-order chi connectivity index (χ0) is 57.4. The topological polar surface area (TPSA) is 228 Å². The molecule has 0 aromatic rings. The molecule has 0 aliphatic carbocycles. The maximum Gasteiger partial charge on any atom is 0.220 e. The molecule has 2 fully saturated rings. The fraction of sp³-hybridized carbons (Fsp3) is 0.892. The first-order valence-corrected chi connectivity index (χ1v) is 32.7. The van der Waals surface area contributed by atoms with E-state index in [1.165, 1.54) is 199 Å². The predicted octanol–water partition coefficient (Wildman–Crippen LogP) is 12.2. The predicted molar refractivity (Wildman–Crippen MR) is 318 cm³/mol. The van der Waals surface area contributed by atoms with Crippen LogP contribution in [0.15, 0.2) is 36.5 Å². The Hall–Kier alpha value is -1.79. The minimum atomic E-state index is -1.79. The van der Waals surface area contributed by atoms with Crippen molar-refractivity contribution in [2.45, 2.75) is 351 Å². The first kappa shape index (κ1) is 73.3. The highest BCUT2D eigenvalue weighted by molar-refractivity contribution is 5.76. The zero-order valence-electron chi connectivity index (χ0n) is 50.1. The number of unbranched alkanes of at least 4 members (excludes halogenated alkanes) is 36. The molecule has 2 heterocycles. The molecule has 2 aliphatic heterocycles. The van der Waals surface area contributed by atoms with Crippen LogP contribution in [0.4, 0.5) is 0 Å². The first-order chi connectivity index (χ1) is 38.6. The maximum atomic E-state index is 13.2. The van der Waals surface area contributed by atoms with Gasteiger partial charge < -0.3 is 65.1 Å². The second kappa shape index (κ2) is 50.7. The molecule has 0 spiro atoms. The van der Waals surface area contributed by atoms with Gasteiger partial charge in [0, 0.05) is 6.42 Å². The van der Waals surface area contributed by atoms with Crippen molar-refractivity contribution in [1.82, 2.24) is 5.32 Å². The SMILES string of the molecule is CCCCCCCCCCCCCCCCCCCCCC/C=C/CC/C=C/CC/C=C/C(O)C(COC1OC(CO)C(OC2OC(CO)C(O)C(O)C2O)C(O)C1O)NC(=O)CCCCCCCCCCCCCCCCC. The second-order valence-electron chi connectivity index (χ2n) is 23.2. The number of hydrogen-bond acceptors (Lipinski definition) is 13. The van der Waals surface area contributed by atoms with Crippen molar-refractivity contribution < 1.29 is 64.6 Å². The lowest BCUT2D eigenvalue weighted by Crippen LogP contribution is -2.65. The van der Waals surface area contributed by atoms with Gasteiger partial charge in [-0.3, -0.25) is 4.79 Å². The van der Waals surface area contributed by atoms with E-state index < -0.39 is 86.8 Å². The highest BCUT2D eigenvalue weighted by Gasteiger charge is 2.51. The van der Waals surface area contributed by atoms with Crippen LogP contribution in [0.1, 0.15) is 277 Å². The van der Waals surface area contributed by atoms with Crippen LogP contribution in [-0.2, 0) is 23.7 Å². The molecule has 0 bridgehead atoms. The lowest BCUT2D eigenvalue weighted by Gasteiger charge is -2.46. The van der Waals surface area contributed by atoms with E-state index in [1.54, 1.807) is 6.08 Å². The molecule has 12 atom stereocenters. The number of aliphatic hydroxyl groups excluding tert-OH is 8. The highest BCUT2D eigenvalue weighted by Crippen LogP contribution is 2.30. The number of rotatable bonds is 53. The van der Waals surface area contributed by atoms with Crippen LogP contribution >= 0.6 is 0 Å². The Bertz CT molecular complexity index is 1460. The van der Waals surface area contributed by atoms with Crippen LogP contribution in [0.5, 0.6) is 0 Å². The molecule has 9 N–H and O–H groups in total. The number of ether oxygens (including phenoxy) is 4. The second-order valence-corrected chi connectivity index (χ2v) is 23.2. The smallest absolute Gasteiger partial charge is 0.220 e. The Morgan fingerprint density at radius 2 is 0.810 bits per heavy atom. The Balaban J connectivity index is 1.71. The van der Waals surface area contributed by atoms with E-state index >= 15 is 0 Å². The molecule has 1 amide bonds. The first-order valence-electron chi connectivity index (χ1n) is 32.7. The quantitative estimate of drug-likeness (QED) is 0.0204. The van der Waals surface area contributed by atoms with E-state index in [0.29, 0.717) is 12.8 Å². The third kappa shape index (κ3) is 35.8. The van der Waals surface area contributed by atoms with Crippen LogP contribution in [0.2, 0.25) is 0 Å². The summed E-state index contributed by atoms with van der Waals surface area (Å²) in [4.78, 5) is 13.2. The average Bonchev–Trinajstić information content (AvgIpc) is 3.45. The lowest BCUT2D eigenvalue weighted by atomic mass is 9.97. The summed E-state index contributed by atoms with van der Waals surface area (Å²) in [6, 6.07) is -0.935. The largest absolute Gasteiger partial charge is 0.394 e. The summed E-state index contributed by atoms with van der Waals surface area (Å²) < 4.78 is 22.8. The van der Waals surface area contributed by atoms with Crippen molar-refractivity contribution in [3.05, 3.63) is 36.5 Å². The van der Waals surface area contributed by atoms with Crippen LogP contribution in [0.25, 0.3) is 0 Å². The number of allylic oxidation sites excluding steroid dienone is 5. The van der Waals surface area contributed by atoms with Gasteiger partial charge in [-0.05, 0) is 44.9 Å². The summed E-state index contributed by atoms with van der Waals surface area (Å²) in [5, 5.41) is 87.2. The molecule has 14 nitrogen and oxygen atoms in total. The van der Waals surface area contributed by atoms with Gasteiger partial charge >= 0.3 is 0 Å². The molecule has 79 heavy (non-hydrogen) atoms. The van der Waals surface area contributed by atoms with Gasteiger partial charge in [-0.1, -0.05) is 262 Å². The van der Waals surface area contributed by atoms with Crippen LogP contribution in [0.3, 0.4) is 0 Å². The summed E-state index contributed by atoms with van der Waals surface area (Å²) in [6.45, 7) is 2.80. The van der Waals surface area contributed by atoms with Crippen molar-refractivity contribution in [3.63, 3.8) is 0 Å². The van der Waals surface area contributed by atoms with Gasteiger partial charge in [0.1, 0.15) is 48.8 Å². The summed E-state index contributed by atoms with van der Waals surface area (Å²) in [5.41, 5.74) is 0. The number of carbonyl (C=O) groups is 1. The molecular formula is C65H121NO13. The fourth-order valence-electron chi connectivity index (χ4n) is 10.8. The van der Waals surface area contributed by atoms with Gasteiger partial charge in [0.2, 0.25) is 5.91 Å². The standard InChI is InChI=1S/C65H121NO13/c1-3-5-7-9-11-13-15-17-19-20-21-22-23-24-25-26-27-28-29-30-31-32-33-35-36-38-40-42-44-46-48-54(69)53(66-57(70)49-47-45-43-41-39-37-34-18-16-14-12-10-8-6-4-2)52-76-64-62(75)60(73)63(56(51-68)78-64)79-65-61(74)59(72)58(71)55(50-67)77-65/h32-33,38,40,46,48,53-56,58-65,67-69,71-75H,3-31,34-37,39,41-45,47,49-52H2,1-2H3,(H,66,70)/b33-32+,40-38+,48-46+. The Labute approximate surface area is 481 Å². The molecular weight excluding hydrogens is 1000 g/mol. The molecule has 14 heteroatoms. The summed E-state index contributed by atoms with van der Waals surface area (Å²) >= 11 is 0. The van der Waals surface area contributed by atoms with E-state index in [9.17, 15) is 45.6 Å². The average molecular weight is 1120 g/mol. The Morgan fingerprint density at radius 1 is 0.443 bits per heavy atom. The number of carbonyl (C=O) groups excluding carboxylic acids is 1. The minimum Gasteiger partial charge on any atom is -0.394 e. The molecule has 0 aromatic carbocycles. The summed E-state index contributed by atoms with van der Waals surface area (Å²) in [7, 11) is 0. The van der Waals surface area contributed by atoms with Crippen molar-refractivity contribution in [1.29, 1.82) is 0 Å². The van der Waals surface area contributed by atoms with E-state index in [2.05, 4.69) is 43.5 Å². The fourth-order valence-corrected chi connectivity index (χ4v) is 10.8. The third-order valence-corrected chi connectivity index (χ3v) is 16.1. The minimum absolute atomic E-state index is 0.250. The van der Waals surface area contributed by atoms with Crippen molar-refractivity contribution in [2.75, 3.05) is 19.8 Å². The Morgan fingerprint density at radius 3 is 1.24 bits per heavy atom. The van der Waals surface area contributed by atoms with Gasteiger partial charge in [0.15, 0.2) is 12.6 Å². The lowest BCUT2D eigenvalue weighted by molar-refractivity contribution is -0.359. The molecule has 0 radical (unpaired) electrons. The molecule has 464 valence electrons. The zero-order valence-corrected chi connectivity index (χ0v) is 50.1. The van der Waals surface area contributed by atoms with E-state index in [-0.39, 0.29) is 18.9 Å². The van der Waals surface area contributed by atoms with Gasteiger partial charge in [-0.25, -0.2) is 0 Å². The van der Waals surface area contributed by atoms with Gasteiger partial charge in [0.25, 0.3) is 0 Å². The molecule has 2 aliphatic rings. The molecule has 0 saturated carbocycles. The summed E-state index contributed by atoms with van der Waals surface area (Å²) in [6.07, 6.45) is 46.4. The molecule has 12 unspecified atom stereocenters. The number of amides is 1. The number of hydrogen-bond donors (Lipinski definition) is 9. The van der Waals surface area contributed by atoms with Gasteiger partial charge in [-0.15, -0.1) is 0 Å². The van der Waals surface area contributed by atoms with Crippen LogP contribution in [-0.4, -0.2) is 140 Å². The van der Waals surface area contributed by atoms with Crippen LogP contribution < -0.4 is 5.32 Å². The highest BCUT2D eigenvalue weighted by atomic mass is 16.7. The van der Waals surface area contributed by atoms with Gasteiger partial charge in [0.05, 0.1) is 32.0 Å². The van der Waals surface area contributed by atoms with Gasteiger partial charge in [-0.2, -0.15) is 0 Å². The summed E-state index contributed by atoms with van der Waals surface area (Å²) in [5.74, 6) is -0.250. The van der Waals surface area contributed by atoms with E-state index in [4.69, 9.17) is 18.9 Å². The van der Waals surface area contributed by atoms with Crippen molar-refractivity contribution in [2.24, 2.45) is 0 Å². The monoisotopic (exact) mass is 1120 g/mol. The van der Waals surface area contributed by atoms with Crippen molar-refractivity contribution in [3.8, 4) is 0 Å². The molecule has 2 saturated heterocycles. The van der Waals surface area contributed by atoms with Crippen LogP contribution in [0, 0.1) is 0 Å². The molecule has 0 aromatic heterocycles.